The van der Waals surface area contributed by atoms with Gasteiger partial charge >= 0.3 is 5.97 Å². The summed E-state index contributed by atoms with van der Waals surface area (Å²) in [7, 11) is 1.58. The Labute approximate surface area is 150 Å². The van der Waals surface area contributed by atoms with E-state index < -0.39 is 5.92 Å². The van der Waals surface area contributed by atoms with E-state index in [9.17, 15) is 9.59 Å². The van der Waals surface area contributed by atoms with Crippen molar-refractivity contribution >= 4 is 29.2 Å². The van der Waals surface area contributed by atoms with E-state index in [2.05, 4.69) is 4.98 Å². The molecule has 0 spiro atoms. The summed E-state index contributed by atoms with van der Waals surface area (Å²) in [6.07, 6.45) is 1.70. The van der Waals surface area contributed by atoms with Gasteiger partial charge in [-0.05, 0) is 30.3 Å². The Bertz CT molecular complexity index is 762. The first-order valence-corrected chi connectivity index (χ1v) is 8.16. The number of amides is 1. The van der Waals surface area contributed by atoms with E-state index in [0.29, 0.717) is 17.4 Å². The van der Waals surface area contributed by atoms with E-state index in [-0.39, 0.29) is 24.9 Å². The quantitative estimate of drug-likeness (QED) is 0.605. The molecular formula is C18H17ClN2O4. The number of rotatable bonds is 5. The van der Waals surface area contributed by atoms with Gasteiger partial charge in [-0.15, -0.1) is 0 Å². The third-order valence-corrected chi connectivity index (χ3v) is 4.24. The van der Waals surface area contributed by atoms with Gasteiger partial charge in [0.15, 0.2) is 0 Å². The summed E-state index contributed by atoms with van der Waals surface area (Å²) in [6.45, 7) is 0.416. The molecule has 0 radical (unpaired) electrons. The van der Waals surface area contributed by atoms with Crippen LogP contribution in [0, 0.1) is 5.92 Å². The molecule has 0 bridgehead atoms. The average molecular weight is 361 g/mol. The Morgan fingerprint density at radius 3 is 2.68 bits per heavy atom. The molecule has 1 aliphatic rings. The van der Waals surface area contributed by atoms with Gasteiger partial charge in [0.2, 0.25) is 5.91 Å². The largest absolute Gasteiger partial charge is 0.497 e. The molecule has 1 unspecified atom stereocenters. The summed E-state index contributed by atoms with van der Waals surface area (Å²) < 4.78 is 10.4. The van der Waals surface area contributed by atoms with Crippen LogP contribution in [0.25, 0.3) is 0 Å². The van der Waals surface area contributed by atoms with Crippen molar-refractivity contribution in [3.8, 4) is 5.75 Å². The summed E-state index contributed by atoms with van der Waals surface area (Å²) in [5, 5.41) is 0.381. The minimum atomic E-state index is -0.477. The van der Waals surface area contributed by atoms with E-state index >= 15 is 0 Å². The summed E-state index contributed by atoms with van der Waals surface area (Å²) in [6, 6.07) is 10.5. The number of halogens is 1. The average Bonchev–Trinajstić information content (AvgIpc) is 3.03. The minimum absolute atomic E-state index is 0.0970. The number of carbonyl (C=O) groups excluding carboxylic acids is 2. The fourth-order valence-corrected chi connectivity index (χ4v) is 2.75. The Morgan fingerprint density at radius 2 is 2.04 bits per heavy atom. The van der Waals surface area contributed by atoms with Crippen LogP contribution < -0.4 is 9.64 Å². The van der Waals surface area contributed by atoms with E-state index in [0.717, 1.165) is 11.3 Å². The van der Waals surface area contributed by atoms with Gasteiger partial charge in [0.05, 0.1) is 13.0 Å². The molecule has 0 N–H and O–H groups in total. The molecule has 1 atom stereocenters. The van der Waals surface area contributed by atoms with Crippen LogP contribution >= 0.6 is 11.6 Å². The maximum atomic E-state index is 12.2. The lowest BCUT2D eigenvalue weighted by atomic mass is 10.1. The molecule has 1 aromatic carbocycles. The zero-order valence-electron chi connectivity index (χ0n) is 13.6. The molecule has 3 rings (SSSR count). The molecule has 0 aliphatic carbocycles. The zero-order chi connectivity index (χ0) is 17.8. The molecule has 0 saturated carbocycles. The van der Waals surface area contributed by atoms with E-state index in [1.165, 1.54) is 0 Å². The number of pyridine rings is 1. The van der Waals surface area contributed by atoms with Gasteiger partial charge in [0.25, 0.3) is 0 Å². The Morgan fingerprint density at radius 1 is 1.28 bits per heavy atom. The van der Waals surface area contributed by atoms with Crippen LogP contribution in [0.2, 0.25) is 5.15 Å². The molecule has 1 aliphatic heterocycles. The molecule has 2 heterocycles. The number of benzene rings is 1. The smallest absolute Gasteiger partial charge is 0.311 e. The first-order valence-electron chi connectivity index (χ1n) is 7.78. The Hall–Kier alpha value is -2.60. The maximum absolute atomic E-state index is 12.2. The lowest BCUT2D eigenvalue weighted by Crippen LogP contribution is -2.26. The van der Waals surface area contributed by atoms with E-state index in [1.807, 2.05) is 0 Å². The molecule has 1 fully saturated rings. The van der Waals surface area contributed by atoms with Crippen LogP contribution in [0.15, 0.2) is 42.6 Å². The Kier molecular flexibility index (Phi) is 5.19. The van der Waals surface area contributed by atoms with Gasteiger partial charge < -0.3 is 14.4 Å². The highest BCUT2D eigenvalue weighted by Crippen LogP contribution is 2.27. The van der Waals surface area contributed by atoms with Crippen LogP contribution in [-0.2, 0) is 20.9 Å². The standard InChI is InChI=1S/C18H17ClN2O4/c1-24-15-5-3-14(4-6-15)21-10-13(8-17(21)22)18(23)25-11-12-2-7-16(19)20-9-12/h2-7,9,13H,8,10-11H2,1H3. The van der Waals surface area contributed by atoms with Crippen LogP contribution in [0.3, 0.4) is 0 Å². The second kappa shape index (κ2) is 7.53. The molecule has 1 aromatic heterocycles. The number of hydrogen-bond donors (Lipinski definition) is 0. The van der Waals surface area contributed by atoms with Crippen molar-refractivity contribution in [1.82, 2.24) is 4.98 Å². The molecule has 1 saturated heterocycles. The highest BCUT2D eigenvalue weighted by atomic mass is 35.5. The number of hydrogen-bond acceptors (Lipinski definition) is 5. The van der Waals surface area contributed by atoms with Crippen molar-refractivity contribution in [3.05, 3.63) is 53.3 Å². The number of methoxy groups -OCH3 is 1. The van der Waals surface area contributed by atoms with Crippen LogP contribution in [0.5, 0.6) is 5.75 Å². The number of esters is 1. The van der Waals surface area contributed by atoms with Crippen molar-refractivity contribution in [2.24, 2.45) is 5.92 Å². The number of ether oxygens (including phenoxy) is 2. The molecule has 6 nitrogen and oxygen atoms in total. The van der Waals surface area contributed by atoms with Crippen molar-refractivity contribution in [2.45, 2.75) is 13.0 Å². The maximum Gasteiger partial charge on any atom is 0.311 e. The highest BCUT2D eigenvalue weighted by molar-refractivity contribution is 6.29. The second-order valence-electron chi connectivity index (χ2n) is 5.70. The van der Waals surface area contributed by atoms with Crippen molar-refractivity contribution < 1.29 is 19.1 Å². The fourth-order valence-electron chi connectivity index (χ4n) is 2.64. The van der Waals surface area contributed by atoms with Gasteiger partial charge in [-0.1, -0.05) is 17.7 Å². The lowest BCUT2D eigenvalue weighted by molar-refractivity contribution is -0.149. The van der Waals surface area contributed by atoms with Crippen LogP contribution in [-0.4, -0.2) is 30.5 Å². The predicted octanol–water partition coefficient (Wildman–Crippen LogP) is 2.84. The number of aromatic nitrogens is 1. The van der Waals surface area contributed by atoms with Crippen molar-refractivity contribution in [1.29, 1.82) is 0 Å². The normalized spacial score (nSPS) is 16.8. The van der Waals surface area contributed by atoms with Gasteiger partial charge in [0.1, 0.15) is 17.5 Å². The summed E-state index contributed by atoms with van der Waals surface area (Å²) in [5.74, 6) is -0.252. The lowest BCUT2D eigenvalue weighted by Gasteiger charge is -2.17. The molecule has 7 heteroatoms. The molecule has 1 amide bonds. The SMILES string of the molecule is COc1ccc(N2CC(C(=O)OCc3ccc(Cl)nc3)CC2=O)cc1. The summed E-state index contributed by atoms with van der Waals surface area (Å²) in [4.78, 5) is 30.0. The Balaban J connectivity index is 1.59. The van der Waals surface area contributed by atoms with Crippen molar-refractivity contribution in [2.75, 3.05) is 18.6 Å². The second-order valence-corrected chi connectivity index (χ2v) is 6.09. The fraction of sp³-hybridized carbons (Fsp3) is 0.278. The predicted molar refractivity (Wildman–Crippen MR) is 92.5 cm³/mol. The number of anilines is 1. The summed E-state index contributed by atoms with van der Waals surface area (Å²) >= 11 is 5.72. The number of nitrogens with zero attached hydrogens (tertiary/aromatic N) is 2. The first-order chi connectivity index (χ1) is 12.1. The molecule has 130 valence electrons. The zero-order valence-corrected chi connectivity index (χ0v) is 14.4. The highest BCUT2D eigenvalue weighted by Gasteiger charge is 2.36. The molecule has 25 heavy (non-hydrogen) atoms. The van der Waals surface area contributed by atoms with Gasteiger partial charge in [0, 0.05) is 30.4 Å². The van der Waals surface area contributed by atoms with Crippen LogP contribution in [0.1, 0.15) is 12.0 Å². The third-order valence-electron chi connectivity index (χ3n) is 4.01. The van der Waals surface area contributed by atoms with Gasteiger partial charge in [-0.2, -0.15) is 0 Å². The van der Waals surface area contributed by atoms with Gasteiger partial charge in [-0.3, -0.25) is 9.59 Å². The monoisotopic (exact) mass is 360 g/mol. The summed E-state index contributed by atoms with van der Waals surface area (Å²) in [5.41, 5.74) is 1.48. The molecular weight excluding hydrogens is 344 g/mol. The number of carbonyl (C=O) groups is 2. The van der Waals surface area contributed by atoms with Gasteiger partial charge in [-0.25, -0.2) is 4.98 Å². The first kappa shape index (κ1) is 17.2. The van der Waals surface area contributed by atoms with Crippen molar-refractivity contribution in [3.63, 3.8) is 0 Å². The third kappa shape index (κ3) is 4.09. The van der Waals surface area contributed by atoms with Crippen LogP contribution in [0.4, 0.5) is 5.69 Å². The topological polar surface area (TPSA) is 68.7 Å². The molecule has 2 aromatic rings. The van der Waals surface area contributed by atoms with E-state index in [4.69, 9.17) is 21.1 Å². The minimum Gasteiger partial charge on any atom is -0.497 e. The van der Waals surface area contributed by atoms with E-state index in [1.54, 1.807) is 54.6 Å².